The van der Waals surface area contributed by atoms with Crippen molar-refractivity contribution >= 4 is 16.6 Å². The molecular weight excluding hydrogens is 222 g/mol. The summed E-state index contributed by atoms with van der Waals surface area (Å²) in [6.07, 6.45) is 0. The Morgan fingerprint density at radius 2 is 1.94 bits per heavy atom. The van der Waals surface area contributed by atoms with Crippen LogP contribution in [0.2, 0.25) is 0 Å². The van der Waals surface area contributed by atoms with Crippen molar-refractivity contribution in [1.29, 1.82) is 0 Å². The summed E-state index contributed by atoms with van der Waals surface area (Å²) in [5.74, 6) is 0. The highest BCUT2D eigenvalue weighted by atomic mass is 15.3. The molecule has 18 heavy (non-hydrogen) atoms. The second-order valence-corrected chi connectivity index (χ2v) is 4.62. The number of fused-ring (bicyclic) bond motifs is 1. The zero-order chi connectivity index (χ0) is 12.7. The molecule has 0 saturated carbocycles. The van der Waals surface area contributed by atoms with E-state index in [1.165, 1.54) is 5.56 Å². The first-order valence-electron chi connectivity index (χ1n) is 5.94. The maximum atomic E-state index is 5.82. The van der Waals surface area contributed by atoms with Crippen molar-refractivity contribution in [2.45, 2.75) is 6.92 Å². The summed E-state index contributed by atoms with van der Waals surface area (Å²) in [4.78, 5) is 0. The first-order chi connectivity index (χ1) is 8.65. The lowest BCUT2D eigenvalue weighted by atomic mass is 10.1. The van der Waals surface area contributed by atoms with E-state index in [9.17, 15) is 0 Å². The van der Waals surface area contributed by atoms with E-state index < -0.39 is 0 Å². The van der Waals surface area contributed by atoms with Gasteiger partial charge in [0.1, 0.15) is 5.69 Å². The largest absolute Gasteiger partial charge is 0.399 e. The number of benzene rings is 2. The number of nitrogen functional groups attached to an aromatic ring is 1. The van der Waals surface area contributed by atoms with Crippen LogP contribution in [0.4, 0.5) is 5.69 Å². The maximum absolute atomic E-state index is 5.82. The van der Waals surface area contributed by atoms with Gasteiger partial charge in [-0.05, 0) is 31.2 Å². The Morgan fingerprint density at radius 1 is 1.11 bits per heavy atom. The van der Waals surface area contributed by atoms with E-state index in [0.717, 1.165) is 27.8 Å². The number of aryl methyl sites for hydroxylation is 2. The Balaban J connectivity index is 2.30. The van der Waals surface area contributed by atoms with Crippen LogP contribution in [0, 0.1) is 6.92 Å². The average molecular weight is 237 g/mol. The van der Waals surface area contributed by atoms with Gasteiger partial charge in [0.25, 0.3) is 0 Å². The summed E-state index contributed by atoms with van der Waals surface area (Å²) in [5, 5.41) is 5.74. The minimum Gasteiger partial charge on any atom is -0.399 e. The lowest BCUT2D eigenvalue weighted by Gasteiger charge is -1.99. The molecule has 0 aliphatic rings. The Kier molecular flexibility index (Phi) is 2.33. The van der Waals surface area contributed by atoms with E-state index >= 15 is 0 Å². The predicted octanol–water partition coefficient (Wildman–Crippen LogP) is 3.13. The van der Waals surface area contributed by atoms with E-state index in [-0.39, 0.29) is 0 Å². The third-order valence-electron chi connectivity index (χ3n) is 3.17. The highest BCUT2D eigenvalue weighted by Crippen LogP contribution is 2.29. The molecule has 1 aromatic heterocycles. The molecule has 0 fully saturated rings. The van der Waals surface area contributed by atoms with Crippen LogP contribution in [0.5, 0.6) is 0 Å². The van der Waals surface area contributed by atoms with Gasteiger partial charge in [-0.1, -0.05) is 23.8 Å². The van der Waals surface area contributed by atoms with Crippen molar-refractivity contribution in [3.63, 3.8) is 0 Å². The lowest BCUT2D eigenvalue weighted by molar-refractivity contribution is 0.800. The van der Waals surface area contributed by atoms with Gasteiger partial charge in [0.05, 0.1) is 5.52 Å². The van der Waals surface area contributed by atoms with Crippen LogP contribution in [-0.4, -0.2) is 9.78 Å². The van der Waals surface area contributed by atoms with E-state index in [0.29, 0.717) is 0 Å². The van der Waals surface area contributed by atoms with E-state index in [1.54, 1.807) is 0 Å². The summed E-state index contributed by atoms with van der Waals surface area (Å²) >= 11 is 0. The van der Waals surface area contributed by atoms with Crippen LogP contribution in [0.15, 0.2) is 42.5 Å². The van der Waals surface area contributed by atoms with Crippen LogP contribution in [0.25, 0.3) is 22.2 Å². The van der Waals surface area contributed by atoms with Gasteiger partial charge < -0.3 is 5.73 Å². The molecule has 0 radical (unpaired) electrons. The Morgan fingerprint density at radius 3 is 2.72 bits per heavy atom. The van der Waals surface area contributed by atoms with Crippen LogP contribution in [0.1, 0.15) is 5.56 Å². The third-order valence-corrected chi connectivity index (χ3v) is 3.17. The van der Waals surface area contributed by atoms with Crippen molar-refractivity contribution in [2.24, 2.45) is 7.05 Å². The summed E-state index contributed by atoms with van der Waals surface area (Å²) in [6, 6.07) is 14.3. The number of hydrogen-bond donors (Lipinski definition) is 1. The number of anilines is 1. The summed E-state index contributed by atoms with van der Waals surface area (Å²) in [5.41, 5.74) is 11.0. The van der Waals surface area contributed by atoms with Crippen molar-refractivity contribution < 1.29 is 0 Å². The van der Waals surface area contributed by atoms with Gasteiger partial charge in [-0.15, -0.1) is 0 Å². The normalized spacial score (nSPS) is 11.0. The highest BCUT2D eigenvalue weighted by Gasteiger charge is 2.10. The molecule has 0 amide bonds. The molecule has 3 aromatic rings. The van der Waals surface area contributed by atoms with Crippen LogP contribution in [0.3, 0.4) is 0 Å². The quantitative estimate of drug-likeness (QED) is 0.661. The summed E-state index contributed by atoms with van der Waals surface area (Å²) in [7, 11) is 1.95. The first kappa shape index (κ1) is 10.8. The zero-order valence-corrected chi connectivity index (χ0v) is 10.5. The molecule has 0 atom stereocenters. The topological polar surface area (TPSA) is 43.8 Å². The Labute approximate surface area is 106 Å². The molecule has 0 bridgehead atoms. The summed E-state index contributed by atoms with van der Waals surface area (Å²) in [6.45, 7) is 2.09. The molecule has 0 aliphatic heterocycles. The fourth-order valence-electron chi connectivity index (χ4n) is 2.28. The molecule has 0 spiro atoms. The smallest absolute Gasteiger partial charge is 0.100 e. The maximum Gasteiger partial charge on any atom is 0.100 e. The average Bonchev–Trinajstić information content (AvgIpc) is 2.67. The Hall–Kier alpha value is -2.29. The van der Waals surface area contributed by atoms with Gasteiger partial charge in [0.2, 0.25) is 0 Å². The fraction of sp³-hybridized carbons (Fsp3) is 0.133. The zero-order valence-electron chi connectivity index (χ0n) is 10.5. The highest BCUT2D eigenvalue weighted by molar-refractivity contribution is 5.94. The third kappa shape index (κ3) is 1.64. The number of aromatic nitrogens is 2. The van der Waals surface area contributed by atoms with Gasteiger partial charge in [-0.2, -0.15) is 5.10 Å². The number of rotatable bonds is 1. The molecule has 3 rings (SSSR count). The molecule has 0 unspecified atom stereocenters. The molecule has 3 nitrogen and oxygen atoms in total. The lowest BCUT2D eigenvalue weighted by Crippen LogP contribution is -1.91. The van der Waals surface area contributed by atoms with Gasteiger partial charge in [-0.3, -0.25) is 4.68 Å². The SMILES string of the molecule is Cc1cccc(-c2nn(C)c3cc(N)ccc23)c1. The molecule has 90 valence electrons. The van der Waals surface area contributed by atoms with Crippen molar-refractivity contribution in [3.8, 4) is 11.3 Å². The standard InChI is InChI=1S/C15H15N3/c1-10-4-3-5-11(8-10)15-13-7-6-12(16)9-14(13)18(2)17-15/h3-9H,16H2,1-2H3. The molecule has 1 heterocycles. The fourth-order valence-corrected chi connectivity index (χ4v) is 2.28. The van der Waals surface area contributed by atoms with E-state index in [1.807, 2.05) is 29.9 Å². The Bertz CT molecular complexity index is 726. The van der Waals surface area contributed by atoms with Gasteiger partial charge >= 0.3 is 0 Å². The number of nitrogens with two attached hydrogens (primary N) is 1. The predicted molar refractivity (Wildman–Crippen MR) is 75.3 cm³/mol. The van der Waals surface area contributed by atoms with Crippen molar-refractivity contribution in [3.05, 3.63) is 48.0 Å². The van der Waals surface area contributed by atoms with E-state index in [4.69, 9.17) is 5.73 Å². The number of hydrogen-bond acceptors (Lipinski definition) is 2. The van der Waals surface area contributed by atoms with Crippen LogP contribution < -0.4 is 5.73 Å². The first-order valence-corrected chi connectivity index (χ1v) is 5.94. The number of nitrogens with zero attached hydrogens (tertiary/aromatic N) is 2. The molecule has 2 aromatic carbocycles. The monoisotopic (exact) mass is 237 g/mol. The van der Waals surface area contributed by atoms with Gasteiger partial charge in [0, 0.05) is 23.7 Å². The minimum absolute atomic E-state index is 0.765. The van der Waals surface area contributed by atoms with Gasteiger partial charge in [0.15, 0.2) is 0 Å². The van der Waals surface area contributed by atoms with Crippen molar-refractivity contribution in [1.82, 2.24) is 9.78 Å². The van der Waals surface area contributed by atoms with Crippen LogP contribution in [-0.2, 0) is 7.05 Å². The summed E-state index contributed by atoms with van der Waals surface area (Å²) < 4.78 is 1.88. The second kappa shape index (κ2) is 3.88. The van der Waals surface area contributed by atoms with Crippen LogP contribution >= 0.6 is 0 Å². The minimum atomic E-state index is 0.765. The molecule has 3 heteroatoms. The van der Waals surface area contributed by atoms with Gasteiger partial charge in [-0.25, -0.2) is 0 Å². The second-order valence-electron chi connectivity index (χ2n) is 4.62. The molecule has 2 N–H and O–H groups in total. The van der Waals surface area contributed by atoms with Crippen molar-refractivity contribution in [2.75, 3.05) is 5.73 Å². The van der Waals surface area contributed by atoms with E-state index in [2.05, 4.69) is 36.3 Å². The molecule has 0 aliphatic carbocycles. The molecule has 0 saturated heterocycles. The molecular formula is C15H15N3.